The van der Waals surface area contributed by atoms with Crippen LogP contribution in [0.25, 0.3) is 0 Å². The average Bonchev–Trinajstić information content (AvgIpc) is 2.37. The maximum Gasteiger partial charge on any atom is 0.269 e. The molecule has 0 aliphatic rings. The molecule has 0 saturated carbocycles. The van der Waals surface area contributed by atoms with E-state index in [0.717, 1.165) is 24.9 Å². The van der Waals surface area contributed by atoms with Crippen LogP contribution in [0.4, 0.5) is 5.69 Å². The smallest absolute Gasteiger partial charge is 0.269 e. The van der Waals surface area contributed by atoms with Gasteiger partial charge in [-0.15, -0.1) is 0 Å². The van der Waals surface area contributed by atoms with Crippen molar-refractivity contribution in [3.8, 4) is 0 Å². The van der Waals surface area contributed by atoms with Crippen molar-refractivity contribution in [3.05, 3.63) is 51.6 Å². The van der Waals surface area contributed by atoms with Crippen molar-refractivity contribution in [2.24, 2.45) is 0 Å². The predicted octanol–water partition coefficient (Wildman–Crippen LogP) is 3.99. The Bertz CT molecular complexity index is 451. The van der Waals surface area contributed by atoms with Crippen molar-refractivity contribution in [1.29, 1.82) is 0 Å². The first-order chi connectivity index (χ1) is 9.04. The van der Waals surface area contributed by atoms with Crippen molar-refractivity contribution in [2.45, 2.75) is 39.7 Å². The number of nitrogens with zero attached hydrogens (tertiary/aromatic N) is 1. The summed E-state index contributed by atoms with van der Waals surface area (Å²) >= 11 is 0. The van der Waals surface area contributed by atoms with E-state index in [2.05, 4.69) is 32.2 Å². The molecule has 0 fully saturated rings. The molecule has 0 bridgehead atoms. The lowest BCUT2D eigenvalue weighted by atomic mass is 10.0. The molecule has 1 N–H and O–H groups in total. The maximum absolute atomic E-state index is 10.8. The molecule has 1 atom stereocenters. The summed E-state index contributed by atoms with van der Waals surface area (Å²) in [6, 6.07) is 7.06. The van der Waals surface area contributed by atoms with E-state index in [4.69, 9.17) is 0 Å². The largest absolute Gasteiger partial charge is 0.306 e. The molecule has 1 aromatic carbocycles. The third-order valence-electron chi connectivity index (χ3n) is 2.94. The number of hydrogen-bond acceptors (Lipinski definition) is 3. The Morgan fingerprint density at radius 1 is 1.47 bits per heavy atom. The van der Waals surface area contributed by atoms with Crippen LogP contribution in [-0.4, -0.2) is 11.5 Å². The van der Waals surface area contributed by atoms with Gasteiger partial charge in [-0.2, -0.15) is 0 Å². The fourth-order valence-corrected chi connectivity index (χ4v) is 1.94. The zero-order valence-corrected chi connectivity index (χ0v) is 11.8. The van der Waals surface area contributed by atoms with Crippen LogP contribution in [0.5, 0.6) is 0 Å². The van der Waals surface area contributed by atoms with E-state index in [9.17, 15) is 10.1 Å². The molecule has 104 valence electrons. The van der Waals surface area contributed by atoms with E-state index in [-0.39, 0.29) is 16.7 Å². The second-order valence-corrected chi connectivity index (χ2v) is 4.88. The highest BCUT2D eigenvalue weighted by Gasteiger charge is 2.13. The van der Waals surface area contributed by atoms with Gasteiger partial charge < -0.3 is 5.32 Å². The Morgan fingerprint density at radius 2 is 2.21 bits per heavy atom. The summed E-state index contributed by atoms with van der Waals surface area (Å²) in [5, 5.41) is 14.2. The highest BCUT2D eigenvalue weighted by atomic mass is 16.6. The van der Waals surface area contributed by atoms with Gasteiger partial charge in [-0.05, 0) is 25.8 Å². The van der Waals surface area contributed by atoms with Crippen LogP contribution in [-0.2, 0) is 0 Å². The van der Waals surface area contributed by atoms with Crippen LogP contribution < -0.4 is 5.32 Å². The Morgan fingerprint density at radius 3 is 2.79 bits per heavy atom. The SMILES string of the molecule is CCCC(NCC=C(C)C)c1cccc([N+](=O)[O-])c1. The van der Waals surface area contributed by atoms with E-state index in [1.54, 1.807) is 12.1 Å². The summed E-state index contributed by atoms with van der Waals surface area (Å²) in [6.45, 7) is 7.02. The summed E-state index contributed by atoms with van der Waals surface area (Å²) in [5.41, 5.74) is 2.41. The normalized spacial score (nSPS) is 11.9. The van der Waals surface area contributed by atoms with Gasteiger partial charge in [-0.3, -0.25) is 10.1 Å². The van der Waals surface area contributed by atoms with Crippen molar-refractivity contribution in [2.75, 3.05) is 6.54 Å². The standard InChI is InChI=1S/C15H22N2O2/c1-4-6-15(16-10-9-12(2)3)13-7-5-8-14(11-13)17(18)19/h5,7-9,11,15-16H,4,6,10H2,1-3H3. The summed E-state index contributed by atoms with van der Waals surface area (Å²) in [6.07, 6.45) is 4.13. The van der Waals surface area contributed by atoms with Gasteiger partial charge in [-0.1, -0.05) is 37.1 Å². The number of nitro groups is 1. The summed E-state index contributed by atoms with van der Waals surface area (Å²) in [4.78, 5) is 10.5. The van der Waals surface area contributed by atoms with Gasteiger partial charge in [0.05, 0.1) is 4.92 Å². The predicted molar refractivity (Wildman–Crippen MR) is 78.2 cm³/mol. The van der Waals surface area contributed by atoms with Gasteiger partial charge in [-0.25, -0.2) is 0 Å². The Hall–Kier alpha value is -1.68. The summed E-state index contributed by atoms with van der Waals surface area (Å²) in [7, 11) is 0. The number of non-ortho nitro benzene ring substituents is 1. The third-order valence-corrected chi connectivity index (χ3v) is 2.94. The second-order valence-electron chi connectivity index (χ2n) is 4.88. The fourth-order valence-electron chi connectivity index (χ4n) is 1.94. The molecule has 1 rings (SSSR count). The zero-order chi connectivity index (χ0) is 14.3. The average molecular weight is 262 g/mol. The van der Waals surface area contributed by atoms with E-state index in [1.807, 2.05) is 6.07 Å². The quantitative estimate of drug-likeness (QED) is 0.459. The van der Waals surface area contributed by atoms with E-state index < -0.39 is 0 Å². The molecule has 19 heavy (non-hydrogen) atoms. The molecular formula is C15H22N2O2. The van der Waals surface area contributed by atoms with Crippen LogP contribution in [0.3, 0.4) is 0 Å². The molecule has 0 spiro atoms. The van der Waals surface area contributed by atoms with Gasteiger partial charge in [0.1, 0.15) is 0 Å². The molecule has 0 heterocycles. The number of nitrogens with one attached hydrogen (secondary N) is 1. The van der Waals surface area contributed by atoms with Crippen molar-refractivity contribution in [3.63, 3.8) is 0 Å². The monoisotopic (exact) mass is 262 g/mol. The van der Waals surface area contributed by atoms with E-state index in [0.29, 0.717) is 0 Å². The highest BCUT2D eigenvalue weighted by Crippen LogP contribution is 2.22. The van der Waals surface area contributed by atoms with Gasteiger partial charge in [0.25, 0.3) is 5.69 Å². The molecule has 0 radical (unpaired) electrons. The molecule has 0 aliphatic carbocycles. The third kappa shape index (κ3) is 5.22. The first kappa shape index (κ1) is 15.4. The number of allylic oxidation sites excluding steroid dienone is 1. The molecule has 4 heteroatoms. The van der Waals surface area contributed by atoms with Crippen LogP contribution in [0.2, 0.25) is 0 Å². The Balaban J connectivity index is 2.82. The lowest BCUT2D eigenvalue weighted by Gasteiger charge is -2.17. The number of hydrogen-bond donors (Lipinski definition) is 1. The Kier molecular flexibility index (Phi) is 6.22. The molecule has 4 nitrogen and oxygen atoms in total. The van der Waals surface area contributed by atoms with Gasteiger partial charge in [0.2, 0.25) is 0 Å². The molecule has 1 aromatic rings. The van der Waals surface area contributed by atoms with E-state index >= 15 is 0 Å². The van der Waals surface area contributed by atoms with Crippen molar-refractivity contribution in [1.82, 2.24) is 5.32 Å². The molecular weight excluding hydrogens is 240 g/mol. The van der Waals surface area contributed by atoms with Crippen molar-refractivity contribution < 1.29 is 4.92 Å². The van der Waals surface area contributed by atoms with Crippen LogP contribution in [0.1, 0.15) is 45.2 Å². The molecule has 0 aliphatic heterocycles. The second kappa shape index (κ2) is 7.69. The summed E-state index contributed by atoms with van der Waals surface area (Å²) < 4.78 is 0. The molecule has 0 amide bonds. The van der Waals surface area contributed by atoms with Crippen molar-refractivity contribution >= 4 is 5.69 Å². The highest BCUT2D eigenvalue weighted by molar-refractivity contribution is 5.35. The Labute approximate surface area is 114 Å². The van der Waals surface area contributed by atoms with Gasteiger partial charge in [0, 0.05) is 24.7 Å². The zero-order valence-electron chi connectivity index (χ0n) is 11.8. The molecule has 0 aromatic heterocycles. The maximum atomic E-state index is 10.8. The van der Waals surface area contributed by atoms with Crippen LogP contribution in [0, 0.1) is 10.1 Å². The van der Waals surface area contributed by atoms with Crippen LogP contribution in [0.15, 0.2) is 35.9 Å². The topological polar surface area (TPSA) is 55.2 Å². The van der Waals surface area contributed by atoms with Crippen LogP contribution >= 0.6 is 0 Å². The van der Waals surface area contributed by atoms with Gasteiger partial charge >= 0.3 is 0 Å². The minimum atomic E-state index is -0.345. The molecule has 0 saturated heterocycles. The number of rotatable bonds is 7. The fraction of sp³-hybridized carbons (Fsp3) is 0.467. The number of nitro benzene ring substituents is 1. The van der Waals surface area contributed by atoms with Gasteiger partial charge in [0.15, 0.2) is 0 Å². The first-order valence-electron chi connectivity index (χ1n) is 6.65. The minimum Gasteiger partial charge on any atom is -0.306 e. The molecule has 1 unspecified atom stereocenters. The minimum absolute atomic E-state index is 0.155. The number of benzene rings is 1. The first-order valence-corrected chi connectivity index (χ1v) is 6.65. The summed E-state index contributed by atoms with van der Waals surface area (Å²) in [5.74, 6) is 0. The van der Waals surface area contributed by atoms with E-state index in [1.165, 1.54) is 11.6 Å². The lowest BCUT2D eigenvalue weighted by Crippen LogP contribution is -2.21. The lowest BCUT2D eigenvalue weighted by molar-refractivity contribution is -0.384.